The molecule has 0 spiro atoms. The summed E-state index contributed by atoms with van der Waals surface area (Å²) in [4.78, 5) is 30.1. The van der Waals surface area contributed by atoms with Crippen LogP contribution in [0, 0.1) is 0 Å². The highest BCUT2D eigenvalue weighted by molar-refractivity contribution is 6.30. The van der Waals surface area contributed by atoms with Crippen molar-refractivity contribution in [2.75, 3.05) is 82.4 Å². The predicted octanol–water partition coefficient (Wildman–Crippen LogP) is 2.55. The van der Waals surface area contributed by atoms with Crippen LogP contribution in [0.15, 0.2) is 24.3 Å². The second-order valence-electron chi connectivity index (χ2n) is 9.31. The largest absolute Gasteiger partial charge is 0.378 e. The van der Waals surface area contributed by atoms with Gasteiger partial charge in [0, 0.05) is 75.6 Å². The number of nitrogens with zero attached hydrogens (tertiary/aromatic N) is 6. The van der Waals surface area contributed by atoms with Gasteiger partial charge in [0.25, 0.3) is 0 Å². The van der Waals surface area contributed by atoms with Crippen LogP contribution in [0.3, 0.4) is 0 Å². The number of halogens is 1. The van der Waals surface area contributed by atoms with E-state index in [1.807, 2.05) is 4.90 Å². The van der Waals surface area contributed by atoms with E-state index in [4.69, 9.17) is 21.3 Å². The van der Waals surface area contributed by atoms with Gasteiger partial charge in [-0.25, -0.2) is 9.97 Å². The van der Waals surface area contributed by atoms with Crippen molar-refractivity contribution in [3.05, 3.63) is 35.0 Å². The third-order valence-corrected chi connectivity index (χ3v) is 7.36. The lowest BCUT2D eigenvalue weighted by Gasteiger charge is -2.34. The highest BCUT2D eigenvalue weighted by Gasteiger charge is 2.25. The molecular weight excluding hydrogens is 452 g/mol. The van der Waals surface area contributed by atoms with E-state index in [2.05, 4.69) is 51.0 Å². The van der Waals surface area contributed by atoms with Crippen molar-refractivity contribution in [3.8, 4) is 11.4 Å². The molecule has 0 bridgehead atoms. The van der Waals surface area contributed by atoms with Gasteiger partial charge in [0.05, 0.1) is 13.2 Å². The Morgan fingerprint density at radius 3 is 2.35 bits per heavy atom. The zero-order chi connectivity index (χ0) is 23.5. The fourth-order valence-corrected chi connectivity index (χ4v) is 5.16. The number of likely N-dealkylation sites (tertiary alicyclic amines) is 1. The first kappa shape index (κ1) is 23.3. The van der Waals surface area contributed by atoms with Gasteiger partial charge in [0.2, 0.25) is 5.91 Å². The predicted molar refractivity (Wildman–Crippen MR) is 135 cm³/mol. The lowest BCUT2D eigenvalue weighted by Crippen LogP contribution is -2.44. The number of amides is 1. The third-order valence-electron chi connectivity index (χ3n) is 7.04. The maximum atomic E-state index is 11.7. The van der Waals surface area contributed by atoms with E-state index in [0.29, 0.717) is 37.2 Å². The number of ether oxygens (including phenoxy) is 1. The summed E-state index contributed by atoms with van der Waals surface area (Å²) in [6.45, 7) is 8.57. The van der Waals surface area contributed by atoms with Crippen molar-refractivity contribution in [1.82, 2.24) is 19.8 Å². The van der Waals surface area contributed by atoms with Crippen LogP contribution in [-0.4, -0.2) is 98.3 Å². The second kappa shape index (κ2) is 10.5. The molecule has 0 N–H and O–H groups in total. The number of carbonyl (C=O) groups excluding carboxylic acids is 1. The van der Waals surface area contributed by atoms with Gasteiger partial charge in [-0.3, -0.25) is 4.79 Å². The van der Waals surface area contributed by atoms with Gasteiger partial charge in [0.1, 0.15) is 11.0 Å². The molecule has 4 heterocycles. The lowest BCUT2D eigenvalue weighted by atomic mass is 10.1. The molecule has 3 aliphatic heterocycles. The van der Waals surface area contributed by atoms with Crippen molar-refractivity contribution in [1.29, 1.82) is 0 Å². The average Bonchev–Trinajstić information content (AvgIpc) is 3.45. The van der Waals surface area contributed by atoms with Crippen LogP contribution >= 0.6 is 11.6 Å². The molecule has 0 radical (unpaired) electrons. The quantitative estimate of drug-likeness (QED) is 0.421. The summed E-state index contributed by atoms with van der Waals surface area (Å²) in [5, 5.41) is 0.541. The number of aromatic nitrogens is 2. The van der Waals surface area contributed by atoms with Gasteiger partial charge in [-0.2, -0.15) is 0 Å². The molecule has 9 heteroatoms. The Morgan fingerprint density at radius 1 is 0.912 bits per heavy atom. The number of likely N-dealkylation sites (N-methyl/N-ethyl adjacent to an activating group) is 1. The number of piperazine rings is 1. The molecule has 1 aromatic carbocycles. The smallest absolute Gasteiger partial charge is 0.222 e. The van der Waals surface area contributed by atoms with Crippen LogP contribution in [0.2, 0.25) is 5.15 Å². The molecule has 8 nitrogen and oxygen atoms in total. The molecular formula is C25H33ClN6O2. The molecule has 1 aromatic heterocycles. The molecule has 0 unspecified atom stereocenters. The first-order valence-corrected chi connectivity index (χ1v) is 12.7. The molecule has 0 aliphatic carbocycles. The standard InChI is InChI=1S/C25H33ClN6O2/c1-29-11-13-30(14-12-29)20-6-4-19(5-7-20)24-27-23(26)21-8-10-32(25(21)28-24)16-18-34-17-15-31-9-2-3-22(31)33/h4-7H,2-3,8-18H2,1H3. The van der Waals surface area contributed by atoms with E-state index in [0.717, 1.165) is 75.6 Å². The number of carbonyl (C=O) groups is 1. The Labute approximate surface area is 206 Å². The molecule has 2 aromatic rings. The summed E-state index contributed by atoms with van der Waals surface area (Å²) >= 11 is 6.57. The molecule has 0 atom stereocenters. The molecule has 34 heavy (non-hydrogen) atoms. The molecule has 1 amide bonds. The molecule has 3 aliphatic rings. The number of hydrogen-bond acceptors (Lipinski definition) is 7. The fourth-order valence-electron chi connectivity index (χ4n) is 4.90. The highest BCUT2D eigenvalue weighted by Crippen LogP contribution is 2.33. The Morgan fingerprint density at radius 2 is 1.65 bits per heavy atom. The van der Waals surface area contributed by atoms with Crippen LogP contribution in [0.4, 0.5) is 11.5 Å². The molecule has 2 saturated heterocycles. The van der Waals surface area contributed by atoms with Gasteiger partial charge in [0.15, 0.2) is 5.82 Å². The first-order valence-electron chi connectivity index (χ1n) is 12.3. The second-order valence-corrected chi connectivity index (χ2v) is 9.67. The maximum absolute atomic E-state index is 11.7. The van der Waals surface area contributed by atoms with Crippen molar-refractivity contribution >= 4 is 29.0 Å². The first-order chi connectivity index (χ1) is 16.6. The third kappa shape index (κ3) is 5.14. The minimum atomic E-state index is 0.243. The van der Waals surface area contributed by atoms with Crippen molar-refractivity contribution in [2.45, 2.75) is 19.3 Å². The van der Waals surface area contributed by atoms with E-state index in [1.165, 1.54) is 5.69 Å². The topological polar surface area (TPSA) is 65.0 Å². The number of rotatable bonds is 8. The van der Waals surface area contributed by atoms with Crippen LogP contribution in [0.25, 0.3) is 11.4 Å². The summed E-state index contributed by atoms with van der Waals surface area (Å²) < 4.78 is 5.82. The van der Waals surface area contributed by atoms with Crippen LogP contribution < -0.4 is 9.80 Å². The number of anilines is 2. The van der Waals surface area contributed by atoms with E-state index >= 15 is 0 Å². The van der Waals surface area contributed by atoms with Crippen LogP contribution in [0.1, 0.15) is 18.4 Å². The van der Waals surface area contributed by atoms with Gasteiger partial charge >= 0.3 is 0 Å². The Kier molecular flexibility index (Phi) is 7.18. The van der Waals surface area contributed by atoms with E-state index in [1.54, 1.807) is 0 Å². The minimum Gasteiger partial charge on any atom is -0.378 e. The van der Waals surface area contributed by atoms with Gasteiger partial charge in [-0.1, -0.05) is 11.6 Å². The highest BCUT2D eigenvalue weighted by atomic mass is 35.5. The Hall–Kier alpha value is -2.42. The van der Waals surface area contributed by atoms with E-state index in [-0.39, 0.29) is 5.91 Å². The van der Waals surface area contributed by atoms with E-state index < -0.39 is 0 Å². The zero-order valence-electron chi connectivity index (χ0n) is 19.9. The number of benzene rings is 1. The van der Waals surface area contributed by atoms with Crippen molar-refractivity contribution < 1.29 is 9.53 Å². The summed E-state index contributed by atoms with van der Waals surface area (Å²) in [7, 11) is 2.17. The SMILES string of the molecule is CN1CCN(c2ccc(-c3nc(Cl)c4c(n3)N(CCOCCN3CCCC3=O)CC4)cc2)CC1. The fraction of sp³-hybridized carbons (Fsp3) is 0.560. The maximum Gasteiger partial charge on any atom is 0.222 e. The Bertz CT molecular complexity index is 1010. The van der Waals surface area contributed by atoms with Crippen LogP contribution in [-0.2, 0) is 16.0 Å². The van der Waals surface area contributed by atoms with Crippen molar-refractivity contribution in [3.63, 3.8) is 0 Å². The zero-order valence-corrected chi connectivity index (χ0v) is 20.6. The summed E-state index contributed by atoms with van der Waals surface area (Å²) in [6, 6.07) is 8.49. The normalized spacial score (nSPS) is 18.8. The summed E-state index contributed by atoms with van der Waals surface area (Å²) in [5.41, 5.74) is 3.22. The number of fused-ring (bicyclic) bond motifs is 1. The monoisotopic (exact) mass is 484 g/mol. The summed E-state index contributed by atoms with van der Waals surface area (Å²) in [5.74, 6) is 1.82. The van der Waals surface area contributed by atoms with Gasteiger partial charge in [-0.05, 0) is 44.2 Å². The minimum absolute atomic E-state index is 0.243. The molecule has 2 fully saturated rings. The lowest BCUT2D eigenvalue weighted by molar-refractivity contribution is -0.128. The molecule has 182 valence electrons. The van der Waals surface area contributed by atoms with Gasteiger partial charge in [-0.15, -0.1) is 0 Å². The average molecular weight is 485 g/mol. The molecule has 5 rings (SSSR count). The Balaban J connectivity index is 1.20. The van der Waals surface area contributed by atoms with E-state index in [9.17, 15) is 4.79 Å². The number of hydrogen-bond donors (Lipinski definition) is 0. The summed E-state index contributed by atoms with van der Waals surface area (Å²) in [6.07, 6.45) is 2.48. The van der Waals surface area contributed by atoms with Gasteiger partial charge < -0.3 is 24.3 Å². The van der Waals surface area contributed by atoms with Crippen LogP contribution in [0.5, 0.6) is 0 Å². The van der Waals surface area contributed by atoms with Crippen molar-refractivity contribution in [2.24, 2.45) is 0 Å². The molecule has 0 saturated carbocycles.